The van der Waals surface area contributed by atoms with Crippen molar-refractivity contribution in [3.8, 4) is 0 Å². The highest BCUT2D eigenvalue weighted by Gasteiger charge is 2.44. The van der Waals surface area contributed by atoms with Crippen LogP contribution in [0.2, 0.25) is 0 Å². The quantitative estimate of drug-likeness (QED) is 0.632. The van der Waals surface area contributed by atoms with E-state index in [0.29, 0.717) is 19.4 Å². The van der Waals surface area contributed by atoms with E-state index in [0.717, 1.165) is 0 Å². The molecule has 0 saturated carbocycles. The molecule has 0 radical (unpaired) electrons. The number of carbonyl (C=O) groups excluding carboxylic acids is 2. The Kier molecular flexibility index (Phi) is 7.64. The van der Waals surface area contributed by atoms with Gasteiger partial charge in [-0.25, -0.2) is 0 Å². The zero-order valence-electron chi connectivity index (χ0n) is 17.9. The standard InChI is InChI=1S/C23H34O5/c1-7-23(6,13-15(2)19-11-9-8-10-12-19)22(25)28-21-20(27-18(5)24)17(4)16(3)14-26-21/h8-12,15-17,20-21H,7,13-14H2,1-6H3. The summed E-state index contributed by atoms with van der Waals surface area (Å²) in [6, 6.07) is 10.2. The summed E-state index contributed by atoms with van der Waals surface area (Å²) in [6.07, 6.45) is -0.123. The minimum Gasteiger partial charge on any atom is -0.456 e. The summed E-state index contributed by atoms with van der Waals surface area (Å²) in [7, 11) is 0. The molecule has 6 atom stereocenters. The van der Waals surface area contributed by atoms with E-state index in [4.69, 9.17) is 14.2 Å². The van der Waals surface area contributed by atoms with Gasteiger partial charge in [0.1, 0.15) is 0 Å². The first-order valence-corrected chi connectivity index (χ1v) is 10.2. The molecule has 5 heteroatoms. The first-order chi connectivity index (χ1) is 13.2. The van der Waals surface area contributed by atoms with Crippen molar-refractivity contribution in [1.29, 1.82) is 0 Å². The highest BCUT2D eigenvalue weighted by atomic mass is 16.7. The highest BCUT2D eigenvalue weighted by molar-refractivity contribution is 5.76. The molecule has 1 heterocycles. The van der Waals surface area contributed by atoms with E-state index >= 15 is 0 Å². The monoisotopic (exact) mass is 390 g/mol. The lowest BCUT2D eigenvalue weighted by Crippen LogP contribution is -2.50. The number of esters is 2. The molecule has 156 valence electrons. The smallest absolute Gasteiger partial charge is 0.314 e. The largest absolute Gasteiger partial charge is 0.456 e. The number of hydrogen-bond acceptors (Lipinski definition) is 5. The molecule has 1 saturated heterocycles. The van der Waals surface area contributed by atoms with Gasteiger partial charge in [0.2, 0.25) is 6.29 Å². The summed E-state index contributed by atoms with van der Waals surface area (Å²) in [4.78, 5) is 24.6. The van der Waals surface area contributed by atoms with Gasteiger partial charge in [-0.05, 0) is 37.2 Å². The topological polar surface area (TPSA) is 61.8 Å². The maximum absolute atomic E-state index is 13.1. The summed E-state index contributed by atoms with van der Waals surface area (Å²) in [5.74, 6) is -0.219. The van der Waals surface area contributed by atoms with Gasteiger partial charge in [-0.1, -0.05) is 58.0 Å². The van der Waals surface area contributed by atoms with Crippen LogP contribution in [0, 0.1) is 17.3 Å². The molecular weight excluding hydrogens is 356 g/mol. The van der Waals surface area contributed by atoms with Crippen molar-refractivity contribution in [2.24, 2.45) is 17.3 Å². The van der Waals surface area contributed by atoms with E-state index in [1.807, 2.05) is 45.9 Å². The Hall–Kier alpha value is -1.88. The zero-order chi connectivity index (χ0) is 20.9. The van der Waals surface area contributed by atoms with Crippen LogP contribution in [0.25, 0.3) is 0 Å². The number of ether oxygens (including phenoxy) is 3. The van der Waals surface area contributed by atoms with Crippen LogP contribution in [0.3, 0.4) is 0 Å². The molecule has 1 aromatic carbocycles. The average Bonchev–Trinajstić information content (AvgIpc) is 2.67. The number of carbonyl (C=O) groups is 2. The number of benzene rings is 1. The Labute approximate surface area is 168 Å². The van der Waals surface area contributed by atoms with Crippen LogP contribution < -0.4 is 0 Å². The van der Waals surface area contributed by atoms with Crippen LogP contribution in [0.5, 0.6) is 0 Å². The van der Waals surface area contributed by atoms with E-state index in [9.17, 15) is 9.59 Å². The Balaban J connectivity index is 2.11. The number of rotatable bonds is 7. The SMILES string of the molecule is CCC(C)(CC(C)c1ccccc1)C(=O)OC1OCC(C)C(C)C1OC(C)=O. The van der Waals surface area contributed by atoms with E-state index in [1.54, 1.807) is 0 Å². The second-order valence-corrected chi connectivity index (χ2v) is 8.45. The minimum absolute atomic E-state index is 0.0478. The Morgan fingerprint density at radius 2 is 1.86 bits per heavy atom. The van der Waals surface area contributed by atoms with Gasteiger partial charge >= 0.3 is 11.9 Å². The fourth-order valence-corrected chi connectivity index (χ4v) is 3.72. The van der Waals surface area contributed by atoms with Crippen molar-refractivity contribution >= 4 is 11.9 Å². The van der Waals surface area contributed by atoms with Crippen molar-refractivity contribution in [2.75, 3.05) is 6.61 Å². The lowest BCUT2D eigenvalue weighted by atomic mass is 9.77. The molecule has 1 aliphatic heterocycles. The second kappa shape index (κ2) is 9.55. The molecule has 0 spiro atoms. The van der Waals surface area contributed by atoms with Crippen LogP contribution in [0.15, 0.2) is 30.3 Å². The van der Waals surface area contributed by atoms with Crippen molar-refractivity contribution in [3.05, 3.63) is 35.9 Å². The van der Waals surface area contributed by atoms with Gasteiger partial charge in [-0.15, -0.1) is 0 Å². The fourth-order valence-electron chi connectivity index (χ4n) is 3.72. The Morgan fingerprint density at radius 3 is 2.43 bits per heavy atom. The van der Waals surface area contributed by atoms with Crippen LogP contribution in [-0.4, -0.2) is 30.9 Å². The van der Waals surface area contributed by atoms with Gasteiger partial charge in [0.25, 0.3) is 0 Å². The van der Waals surface area contributed by atoms with Crippen LogP contribution in [0.1, 0.15) is 65.9 Å². The molecule has 0 N–H and O–H groups in total. The van der Waals surface area contributed by atoms with Gasteiger partial charge in [0.15, 0.2) is 6.10 Å². The molecule has 6 unspecified atom stereocenters. The maximum atomic E-state index is 13.1. The van der Waals surface area contributed by atoms with Gasteiger partial charge in [-0.2, -0.15) is 0 Å². The van der Waals surface area contributed by atoms with Gasteiger partial charge < -0.3 is 14.2 Å². The van der Waals surface area contributed by atoms with E-state index in [2.05, 4.69) is 19.1 Å². The Morgan fingerprint density at radius 1 is 1.21 bits per heavy atom. The molecule has 1 aliphatic rings. The molecule has 28 heavy (non-hydrogen) atoms. The molecule has 1 fully saturated rings. The van der Waals surface area contributed by atoms with Crippen molar-refractivity contribution in [3.63, 3.8) is 0 Å². The summed E-state index contributed by atoms with van der Waals surface area (Å²) < 4.78 is 17.0. The normalized spacial score (nSPS) is 28.1. The van der Waals surface area contributed by atoms with E-state index in [-0.39, 0.29) is 23.7 Å². The predicted molar refractivity (Wildman–Crippen MR) is 108 cm³/mol. The predicted octanol–water partition coefficient (Wildman–Crippen LogP) is 4.70. The average molecular weight is 391 g/mol. The third-order valence-electron chi connectivity index (χ3n) is 6.13. The maximum Gasteiger partial charge on any atom is 0.314 e. The van der Waals surface area contributed by atoms with Gasteiger partial charge in [0, 0.05) is 12.8 Å². The molecular formula is C23H34O5. The van der Waals surface area contributed by atoms with Crippen molar-refractivity contribution < 1.29 is 23.8 Å². The molecule has 2 rings (SSSR count). The van der Waals surface area contributed by atoms with Gasteiger partial charge in [-0.3, -0.25) is 9.59 Å². The molecule has 0 bridgehead atoms. The minimum atomic E-state index is -0.861. The van der Waals surface area contributed by atoms with Crippen molar-refractivity contribution in [1.82, 2.24) is 0 Å². The Bertz CT molecular complexity index is 658. The lowest BCUT2D eigenvalue weighted by molar-refractivity contribution is -0.250. The third-order valence-corrected chi connectivity index (χ3v) is 6.13. The van der Waals surface area contributed by atoms with Gasteiger partial charge in [0.05, 0.1) is 12.0 Å². The molecule has 0 aromatic heterocycles. The summed E-state index contributed by atoms with van der Waals surface area (Å²) in [5.41, 5.74) is 0.551. The van der Waals surface area contributed by atoms with Crippen LogP contribution >= 0.6 is 0 Å². The van der Waals surface area contributed by atoms with E-state index in [1.165, 1.54) is 12.5 Å². The zero-order valence-corrected chi connectivity index (χ0v) is 17.9. The lowest BCUT2D eigenvalue weighted by Gasteiger charge is -2.40. The van der Waals surface area contributed by atoms with Crippen molar-refractivity contribution in [2.45, 2.75) is 72.7 Å². The van der Waals surface area contributed by atoms with Crippen LogP contribution in [0.4, 0.5) is 0 Å². The molecule has 5 nitrogen and oxygen atoms in total. The van der Waals surface area contributed by atoms with E-state index < -0.39 is 23.8 Å². The third kappa shape index (κ3) is 5.34. The second-order valence-electron chi connectivity index (χ2n) is 8.45. The number of hydrogen-bond donors (Lipinski definition) is 0. The highest BCUT2D eigenvalue weighted by Crippen LogP contribution is 2.37. The van der Waals surface area contributed by atoms with Crippen LogP contribution in [-0.2, 0) is 23.8 Å². The molecule has 0 amide bonds. The first kappa shape index (κ1) is 22.4. The molecule has 1 aromatic rings. The summed E-state index contributed by atoms with van der Waals surface area (Å²) in [5, 5.41) is 0. The first-order valence-electron chi connectivity index (χ1n) is 10.2. The summed E-state index contributed by atoms with van der Waals surface area (Å²) in [6.45, 7) is 11.9. The fraction of sp³-hybridized carbons (Fsp3) is 0.652. The summed E-state index contributed by atoms with van der Waals surface area (Å²) >= 11 is 0. The molecule has 0 aliphatic carbocycles.